The Morgan fingerprint density at radius 1 is 0.574 bits per heavy atom. The summed E-state index contributed by atoms with van der Waals surface area (Å²) in [5.74, 6) is 0.436. The Morgan fingerprint density at radius 3 is 1.19 bits per heavy atom. The lowest BCUT2D eigenvalue weighted by atomic mass is 9.77. The van der Waals surface area contributed by atoms with E-state index < -0.39 is 0 Å². The summed E-state index contributed by atoms with van der Waals surface area (Å²) in [6.07, 6.45) is 5.82. The molecule has 2 aromatic rings. The third kappa shape index (κ3) is 12.4. The molecule has 3 N–H and O–H groups in total. The number of phenols is 1. The second kappa shape index (κ2) is 16.3. The van der Waals surface area contributed by atoms with Gasteiger partial charge in [0.25, 0.3) is 0 Å². The van der Waals surface area contributed by atoms with Gasteiger partial charge < -0.3 is 15.7 Å². The zero-order valence-electron chi connectivity index (χ0n) is 31.5. The number of carbonyl (C=O) groups excluding carboxylic acids is 2. The molecule has 0 aliphatic rings. The van der Waals surface area contributed by atoms with E-state index >= 15 is 0 Å². The number of amides is 2. The van der Waals surface area contributed by atoms with Crippen molar-refractivity contribution in [3.63, 3.8) is 0 Å². The van der Waals surface area contributed by atoms with Crippen molar-refractivity contribution in [2.24, 2.45) is 5.18 Å². The highest BCUT2D eigenvalue weighted by Crippen LogP contribution is 2.41. The van der Waals surface area contributed by atoms with Crippen molar-refractivity contribution in [3.05, 3.63) is 62.6 Å². The number of phenolic OH excluding ortho intramolecular Hbond substituents is 1. The van der Waals surface area contributed by atoms with Crippen molar-refractivity contribution in [2.75, 3.05) is 13.1 Å². The second-order valence-corrected chi connectivity index (χ2v) is 17.3. The van der Waals surface area contributed by atoms with Crippen LogP contribution in [0.1, 0.15) is 155 Å². The molecule has 0 radical (unpaired) electrons. The van der Waals surface area contributed by atoms with Crippen molar-refractivity contribution in [2.45, 2.75) is 156 Å². The molecule has 0 spiro atoms. The standard InChI is InChI=1S/C40H63N3O4/c1-37(2,3)29-23-27(24-30(35(29)43-47)38(4,5)6)17-19-33(44)41-21-15-13-14-16-22-42-34(45)20-18-28-25-31(39(7,8)9)36(46)32(26-28)40(10,11)12/h23-26,46H,13-22H2,1-12H3,(H,41,44)(H,42,45). The first-order valence-electron chi connectivity index (χ1n) is 17.5. The van der Waals surface area contributed by atoms with E-state index in [1.54, 1.807) is 0 Å². The molecule has 0 aromatic heterocycles. The summed E-state index contributed by atoms with van der Waals surface area (Å²) < 4.78 is 0. The molecule has 0 saturated carbocycles. The highest BCUT2D eigenvalue weighted by molar-refractivity contribution is 5.76. The lowest BCUT2D eigenvalue weighted by molar-refractivity contribution is -0.121. The molecule has 0 unspecified atom stereocenters. The summed E-state index contributed by atoms with van der Waals surface area (Å²) in [7, 11) is 0. The van der Waals surface area contributed by atoms with E-state index in [4.69, 9.17) is 0 Å². The quantitative estimate of drug-likeness (QED) is 0.140. The summed E-state index contributed by atoms with van der Waals surface area (Å²) in [4.78, 5) is 36.9. The van der Waals surface area contributed by atoms with Crippen LogP contribution in [-0.2, 0) is 44.1 Å². The smallest absolute Gasteiger partial charge is 0.220 e. The number of hydrogen-bond donors (Lipinski definition) is 3. The Kier molecular flexibility index (Phi) is 13.8. The molecule has 0 fully saturated rings. The van der Waals surface area contributed by atoms with E-state index in [2.05, 4.69) is 98.9 Å². The molecular formula is C40H63N3O4. The summed E-state index contributed by atoms with van der Waals surface area (Å²) in [5.41, 5.74) is 5.49. The van der Waals surface area contributed by atoms with Crippen molar-refractivity contribution >= 4 is 17.5 Å². The van der Waals surface area contributed by atoms with Crippen LogP contribution in [0.3, 0.4) is 0 Å². The van der Waals surface area contributed by atoms with Crippen molar-refractivity contribution in [1.82, 2.24) is 10.6 Å². The topological polar surface area (TPSA) is 108 Å². The molecule has 262 valence electrons. The number of aromatic hydroxyl groups is 1. The first-order valence-corrected chi connectivity index (χ1v) is 17.5. The van der Waals surface area contributed by atoms with Gasteiger partial charge >= 0.3 is 0 Å². The van der Waals surface area contributed by atoms with E-state index in [0.29, 0.717) is 50.2 Å². The molecule has 2 amide bonds. The van der Waals surface area contributed by atoms with Crippen molar-refractivity contribution in [1.29, 1.82) is 0 Å². The van der Waals surface area contributed by atoms with Gasteiger partial charge in [-0.2, -0.15) is 0 Å². The monoisotopic (exact) mass is 649 g/mol. The van der Waals surface area contributed by atoms with Gasteiger partial charge in [0.1, 0.15) is 11.4 Å². The molecule has 0 aliphatic carbocycles. The van der Waals surface area contributed by atoms with Gasteiger partial charge in [0.15, 0.2) is 0 Å². The Morgan fingerprint density at radius 2 is 0.894 bits per heavy atom. The maximum Gasteiger partial charge on any atom is 0.220 e. The molecular weight excluding hydrogens is 586 g/mol. The molecule has 2 aromatic carbocycles. The van der Waals surface area contributed by atoms with Crippen LogP contribution in [0.25, 0.3) is 0 Å². The molecule has 0 saturated heterocycles. The Labute approximate surface area is 285 Å². The van der Waals surface area contributed by atoms with Gasteiger partial charge in [0.05, 0.1) is 0 Å². The lowest BCUT2D eigenvalue weighted by Crippen LogP contribution is -2.25. The maximum absolute atomic E-state index is 12.6. The summed E-state index contributed by atoms with van der Waals surface area (Å²) in [5, 5.41) is 20.4. The Bertz CT molecular complexity index is 1310. The van der Waals surface area contributed by atoms with E-state index in [0.717, 1.165) is 59.1 Å². The molecule has 47 heavy (non-hydrogen) atoms. The fourth-order valence-electron chi connectivity index (χ4n) is 5.81. The fraction of sp³-hybridized carbons (Fsp3) is 0.650. The number of benzene rings is 2. The largest absolute Gasteiger partial charge is 0.507 e. The van der Waals surface area contributed by atoms with Gasteiger partial charge in [-0.1, -0.05) is 120 Å². The van der Waals surface area contributed by atoms with E-state index in [1.807, 2.05) is 24.3 Å². The van der Waals surface area contributed by atoms with Crippen LogP contribution < -0.4 is 10.6 Å². The van der Waals surface area contributed by atoms with Gasteiger partial charge in [-0.15, -0.1) is 4.91 Å². The first kappa shape index (κ1) is 40.0. The van der Waals surface area contributed by atoms with Gasteiger partial charge in [0.2, 0.25) is 11.8 Å². The van der Waals surface area contributed by atoms with Crippen LogP contribution in [0, 0.1) is 4.91 Å². The average molecular weight is 650 g/mol. The minimum Gasteiger partial charge on any atom is -0.507 e. The summed E-state index contributed by atoms with van der Waals surface area (Å²) in [6.45, 7) is 26.4. The van der Waals surface area contributed by atoms with Gasteiger partial charge in [-0.05, 0) is 85.9 Å². The number of nitrogens with one attached hydrogen (secondary N) is 2. The normalized spacial score (nSPS) is 12.6. The van der Waals surface area contributed by atoms with E-state index in [1.165, 1.54) is 0 Å². The molecule has 7 nitrogen and oxygen atoms in total. The number of aryl methyl sites for hydroxylation is 2. The van der Waals surface area contributed by atoms with E-state index in [9.17, 15) is 19.6 Å². The average Bonchev–Trinajstić information content (AvgIpc) is 2.94. The minimum absolute atomic E-state index is 0.0299. The zero-order chi connectivity index (χ0) is 35.8. The van der Waals surface area contributed by atoms with Crippen LogP contribution in [0.5, 0.6) is 5.75 Å². The fourth-order valence-corrected chi connectivity index (χ4v) is 5.81. The summed E-state index contributed by atoms with van der Waals surface area (Å²) in [6, 6.07) is 8.17. The van der Waals surface area contributed by atoms with Crippen LogP contribution in [-0.4, -0.2) is 30.0 Å². The predicted molar refractivity (Wildman–Crippen MR) is 196 cm³/mol. The van der Waals surface area contributed by atoms with Gasteiger partial charge in [-0.25, -0.2) is 0 Å². The highest BCUT2D eigenvalue weighted by atomic mass is 16.3. The predicted octanol–water partition coefficient (Wildman–Crippen LogP) is 9.34. The number of nitrogens with zero attached hydrogens (tertiary/aromatic N) is 1. The third-order valence-electron chi connectivity index (χ3n) is 8.69. The molecule has 7 heteroatoms. The highest BCUT2D eigenvalue weighted by Gasteiger charge is 2.28. The lowest BCUT2D eigenvalue weighted by Gasteiger charge is -2.28. The summed E-state index contributed by atoms with van der Waals surface area (Å²) >= 11 is 0. The number of rotatable bonds is 14. The maximum atomic E-state index is 12.6. The third-order valence-corrected chi connectivity index (χ3v) is 8.69. The second-order valence-electron chi connectivity index (χ2n) is 17.3. The Hall–Kier alpha value is -3.22. The van der Waals surface area contributed by atoms with Crippen LogP contribution >= 0.6 is 0 Å². The van der Waals surface area contributed by atoms with Gasteiger partial charge in [0, 0.05) is 25.9 Å². The molecule has 0 bridgehead atoms. The van der Waals surface area contributed by atoms with E-state index in [-0.39, 0.29) is 33.5 Å². The SMILES string of the molecule is CC(C)(C)c1cc(CCC(=O)NCCCCCCNC(=O)CCc2cc(C(C)(C)C)c(N=O)c(C(C)(C)C)c2)cc(C(C)(C)C)c1O. The van der Waals surface area contributed by atoms with Crippen LogP contribution in [0.2, 0.25) is 0 Å². The van der Waals surface area contributed by atoms with Crippen molar-refractivity contribution in [3.8, 4) is 5.75 Å². The zero-order valence-corrected chi connectivity index (χ0v) is 31.5. The van der Waals surface area contributed by atoms with Gasteiger partial charge in [-0.3, -0.25) is 9.59 Å². The molecule has 0 heterocycles. The Balaban J connectivity index is 1.73. The number of carbonyl (C=O) groups is 2. The molecule has 0 aliphatic heterocycles. The van der Waals surface area contributed by atoms with Crippen LogP contribution in [0.15, 0.2) is 29.4 Å². The molecule has 0 atom stereocenters. The molecule has 2 rings (SSSR count). The first-order chi connectivity index (χ1) is 21.6. The minimum atomic E-state index is -0.231. The number of unbranched alkanes of at least 4 members (excludes halogenated alkanes) is 3. The van der Waals surface area contributed by atoms with Crippen LogP contribution in [0.4, 0.5) is 5.69 Å². The van der Waals surface area contributed by atoms with Crippen molar-refractivity contribution < 1.29 is 14.7 Å². The number of hydrogen-bond acceptors (Lipinski definition) is 5. The number of nitroso groups, excluding NO2 is 1.